The first-order valence-electron chi connectivity index (χ1n) is 6.33. The minimum absolute atomic E-state index is 0.0250. The van der Waals surface area contributed by atoms with Crippen LogP contribution in [0.2, 0.25) is 0 Å². The summed E-state index contributed by atoms with van der Waals surface area (Å²) in [5.74, 6) is -0.190. The summed E-state index contributed by atoms with van der Waals surface area (Å²) >= 11 is 0. The molecule has 0 spiro atoms. The second-order valence-corrected chi connectivity index (χ2v) is 5.72. The summed E-state index contributed by atoms with van der Waals surface area (Å²) < 4.78 is 0. The first kappa shape index (κ1) is 13.5. The van der Waals surface area contributed by atoms with E-state index in [1.165, 1.54) is 0 Å². The molecule has 0 bridgehead atoms. The van der Waals surface area contributed by atoms with Gasteiger partial charge >= 0.3 is 5.97 Å². The van der Waals surface area contributed by atoms with Crippen molar-refractivity contribution in [2.45, 2.75) is 53.0 Å². The number of hydrogen-bond donors (Lipinski definition) is 1. The number of aliphatic carboxylic acids is 1. The quantitative estimate of drug-likeness (QED) is 0.802. The van der Waals surface area contributed by atoms with Crippen LogP contribution in [-0.4, -0.2) is 35.1 Å². The Morgan fingerprint density at radius 2 is 1.75 bits per heavy atom. The van der Waals surface area contributed by atoms with Gasteiger partial charge in [0.05, 0.1) is 6.42 Å². The number of nitrogens with zero attached hydrogens (tertiary/aromatic N) is 1. The fraction of sp³-hybridized carbons (Fsp3) is 0.923. The highest BCUT2D eigenvalue weighted by atomic mass is 16.4. The molecule has 1 aliphatic rings. The molecule has 3 nitrogen and oxygen atoms in total. The average molecular weight is 227 g/mol. The largest absolute Gasteiger partial charge is 0.481 e. The Labute approximate surface area is 98.8 Å². The maximum Gasteiger partial charge on any atom is 0.303 e. The van der Waals surface area contributed by atoms with E-state index in [2.05, 4.69) is 32.6 Å². The Morgan fingerprint density at radius 3 is 2.06 bits per heavy atom. The molecular weight excluding hydrogens is 202 g/mol. The van der Waals surface area contributed by atoms with Crippen LogP contribution in [0.3, 0.4) is 0 Å². The van der Waals surface area contributed by atoms with E-state index < -0.39 is 5.97 Å². The summed E-state index contributed by atoms with van der Waals surface area (Å²) in [4.78, 5) is 13.4. The van der Waals surface area contributed by atoms with Gasteiger partial charge in [0.2, 0.25) is 0 Å². The van der Waals surface area contributed by atoms with Crippen molar-refractivity contribution in [3.05, 3.63) is 0 Å². The monoisotopic (exact) mass is 227 g/mol. The highest BCUT2D eigenvalue weighted by molar-refractivity contribution is 5.67. The van der Waals surface area contributed by atoms with Gasteiger partial charge in [0, 0.05) is 6.04 Å². The van der Waals surface area contributed by atoms with Gasteiger partial charge < -0.3 is 10.0 Å². The summed E-state index contributed by atoms with van der Waals surface area (Å²) in [5, 5.41) is 9.04. The molecule has 1 rings (SSSR count). The fourth-order valence-corrected chi connectivity index (χ4v) is 2.75. The first-order valence-corrected chi connectivity index (χ1v) is 6.33. The van der Waals surface area contributed by atoms with Crippen LogP contribution in [0, 0.1) is 11.3 Å². The van der Waals surface area contributed by atoms with Crippen LogP contribution in [0.15, 0.2) is 0 Å². The van der Waals surface area contributed by atoms with E-state index >= 15 is 0 Å². The molecule has 0 aliphatic carbocycles. The van der Waals surface area contributed by atoms with Crippen LogP contribution in [0.25, 0.3) is 0 Å². The molecule has 3 heteroatoms. The number of carboxylic acid groups (broad SMARTS) is 1. The van der Waals surface area contributed by atoms with Crippen LogP contribution in [0.1, 0.15) is 47.0 Å². The molecule has 1 fully saturated rings. The van der Waals surface area contributed by atoms with Gasteiger partial charge in [-0.15, -0.1) is 0 Å². The van der Waals surface area contributed by atoms with Gasteiger partial charge in [-0.2, -0.15) is 0 Å². The van der Waals surface area contributed by atoms with Gasteiger partial charge in [-0.3, -0.25) is 4.79 Å². The SMILES string of the molecule is CC(C)N1CCC(CC(=O)O)(C(C)C)CC1. The molecule has 16 heavy (non-hydrogen) atoms. The molecule has 1 N–H and O–H groups in total. The topological polar surface area (TPSA) is 40.5 Å². The van der Waals surface area contributed by atoms with Crippen molar-refractivity contribution in [2.75, 3.05) is 13.1 Å². The van der Waals surface area contributed by atoms with Crippen LogP contribution >= 0.6 is 0 Å². The zero-order chi connectivity index (χ0) is 12.3. The van der Waals surface area contributed by atoms with Crippen molar-refractivity contribution < 1.29 is 9.90 Å². The lowest BCUT2D eigenvalue weighted by molar-refractivity contribution is -0.142. The summed E-state index contributed by atoms with van der Waals surface area (Å²) in [7, 11) is 0. The van der Waals surface area contributed by atoms with Crippen molar-refractivity contribution in [3.8, 4) is 0 Å². The second-order valence-electron chi connectivity index (χ2n) is 5.72. The predicted octanol–water partition coefficient (Wildman–Crippen LogP) is 2.61. The summed E-state index contributed by atoms with van der Waals surface area (Å²) in [6, 6.07) is 0.579. The molecule has 94 valence electrons. The van der Waals surface area contributed by atoms with Crippen molar-refractivity contribution >= 4 is 5.97 Å². The van der Waals surface area contributed by atoms with E-state index in [4.69, 9.17) is 5.11 Å². The van der Waals surface area contributed by atoms with E-state index in [9.17, 15) is 4.79 Å². The molecule has 0 amide bonds. The van der Waals surface area contributed by atoms with Gasteiger partial charge in [0.1, 0.15) is 0 Å². The lowest BCUT2D eigenvalue weighted by atomic mass is 9.68. The Kier molecular flexibility index (Phi) is 4.36. The summed E-state index contributed by atoms with van der Waals surface area (Å²) in [6.45, 7) is 10.8. The highest BCUT2D eigenvalue weighted by Crippen LogP contribution is 2.42. The van der Waals surface area contributed by atoms with Gasteiger partial charge in [-0.25, -0.2) is 0 Å². The van der Waals surface area contributed by atoms with Crippen LogP contribution < -0.4 is 0 Å². The molecule has 0 radical (unpaired) electrons. The van der Waals surface area contributed by atoms with Crippen molar-refractivity contribution in [1.82, 2.24) is 4.90 Å². The number of carbonyl (C=O) groups is 1. The van der Waals surface area contributed by atoms with Crippen molar-refractivity contribution in [2.24, 2.45) is 11.3 Å². The smallest absolute Gasteiger partial charge is 0.303 e. The molecule has 0 aromatic carbocycles. The lowest BCUT2D eigenvalue weighted by Gasteiger charge is -2.45. The van der Waals surface area contributed by atoms with E-state index in [-0.39, 0.29) is 5.41 Å². The third kappa shape index (κ3) is 2.97. The normalized spacial score (nSPS) is 21.6. The van der Waals surface area contributed by atoms with Gasteiger partial charge in [0.25, 0.3) is 0 Å². The summed E-state index contributed by atoms with van der Waals surface area (Å²) in [5.41, 5.74) is 0.0250. The molecular formula is C13H25NO2. The summed E-state index contributed by atoms with van der Waals surface area (Å²) in [6.07, 6.45) is 2.38. The molecule has 1 heterocycles. The first-order chi connectivity index (χ1) is 7.37. The number of rotatable bonds is 4. The number of piperidine rings is 1. The second kappa shape index (κ2) is 5.17. The van der Waals surface area contributed by atoms with E-state index in [0.717, 1.165) is 25.9 Å². The number of carboxylic acids is 1. The van der Waals surface area contributed by atoms with Gasteiger partial charge in [-0.1, -0.05) is 13.8 Å². The Morgan fingerprint density at radius 1 is 1.25 bits per heavy atom. The van der Waals surface area contributed by atoms with Crippen LogP contribution in [-0.2, 0) is 4.79 Å². The molecule has 0 saturated carbocycles. The molecule has 0 aromatic heterocycles. The Hall–Kier alpha value is -0.570. The van der Waals surface area contributed by atoms with Gasteiger partial charge in [-0.05, 0) is 51.1 Å². The minimum atomic E-state index is -0.647. The highest BCUT2D eigenvalue weighted by Gasteiger charge is 2.39. The molecule has 1 saturated heterocycles. The Bertz CT molecular complexity index is 240. The average Bonchev–Trinajstić information content (AvgIpc) is 2.17. The Balaban J connectivity index is 2.66. The maximum atomic E-state index is 11.0. The third-order valence-electron chi connectivity index (χ3n) is 4.25. The van der Waals surface area contributed by atoms with E-state index in [0.29, 0.717) is 18.4 Å². The van der Waals surface area contributed by atoms with Gasteiger partial charge in [0.15, 0.2) is 0 Å². The number of likely N-dealkylation sites (tertiary alicyclic amines) is 1. The van der Waals surface area contributed by atoms with Crippen LogP contribution in [0.5, 0.6) is 0 Å². The molecule has 1 aliphatic heterocycles. The zero-order valence-corrected chi connectivity index (χ0v) is 11.0. The molecule has 0 atom stereocenters. The van der Waals surface area contributed by atoms with E-state index in [1.807, 2.05) is 0 Å². The van der Waals surface area contributed by atoms with Crippen molar-refractivity contribution in [3.63, 3.8) is 0 Å². The van der Waals surface area contributed by atoms with Crippen molar-refractivity contribution in [1.29, 1.82) is 0 Å². The third-order valence-corrected chi connectivity index (χ3v) is 4.25. The lowest BCUT2D eigenvalue weighted by Crippen LogP contribution is -2.46. The predicted molar refractivity (Wildman–Crippen MR) is 65.5 cm³/mol. The standard InChI is InChI=1S/C13H25NO2/c1-10(2)13(9-12(15)16)5-7-14(8-6-13)11(3)4/h10-11H,5-9H2,1-4H3,(H,15,16). The molecule has 0 aromatic rings. The van der Waals surface area contributed by atoms with Crippen LogP contribution in [0.4, 0.5) is 0 Å². The minimum Gasteiger partial charge on any atom is -0.481 e. The molecule has 0 unspecified atom stereocenters. The number of hydrogen-bond acceptors (Lipinski definition) is 2. The van der Waals surface area contributed by atoms with E-state index in [1.54, 1.807) is 0 Å². The maximum absolute atomic E-state index is 11.0. The fourth-order valence-electron chi connectivity index (χ4n) is 2.75. The zero-order valence-electron chi connectivity index (χ0n) is 11.0.